The van der Waals surface area contributed by atoms with E-state index >= 15 is 0 Å². The Kier molecular flexibility index (Phi) is 7.37. The molecule has 0 N–H and O–H groups in total. The van der Waals surface area contributed by atoms with E-state index in [9.17, 15) is 0 Å². The fourth-order valence-corrected chi connectivity index (χ4v) is 8.67. The average molecular weight is 681 g/mol. The van der Waals surface area contributed by atoms with Crippen molar-refractivity contribution >= 4 is 39.2 Å². The Hall–Kier alpha value is -6.55. The third kappa shape index (κ3) is 5.22. The van der Waals surface area contributed by atoms with Crippen molar-refractivity contribution in [3.8, 4) is 65.6 Å². The summed E-state index contributed by atoms with van der Waals surface area (Å²) in [5, 5.41) is 3.55. The molecule has 0 spiro atoms. The van der Waals surface area contributed by atoms with Gasteiger partial charge in [0.2, 0.25) is 0 Å². The molecule has 1 aliphatic rings. The third-order valence-corrected chi connectivity index (χ3v) is 11.2. The lowest BCUT2D eigenvalue weighted by Crippen LogP contribution is -2.10. The second-order valence-electron chi connectivity index (χ2n) is 13.2. The van der Waals surface area contributed by atoms with Gasteiger partial charge < -0.3 is 4.90 Å². The monoisotopic (exact) mass is 680 g/mol. The van der Waals surface area contributed by atoms with Crippen molar-refractivity contribution in [1.29, 1.82) is 0 Å². The highest BCUT2D eigenvalue weighted by Gasteiger charge is 2.28. The number of nitrogens with zero attached hydrogens (tertiary/aromatic N) is 2. The van der Waals surface area contributed by atoms with Crippen LogP contribution in [0.3, 0.4) is 0 Å². The summed E-state index contributed by atoms with van der Waals surface area (Å²) in [7, 11) is 0. The van der Waals surface area contributed by atoms with Crippen LogP contribution in [0, 0.1) is 0 Å². The van der Waals surface area contributed by atoms with Gasteiger partial charge in [0.05, 0.1) is 16.3 Å². The summed E-state index contributed by atoms with van der Waals surface area (Å²) in [5.41, 5.74) is 15.3. The van der Waals surface area contributed by atoms with Crippen LogP contribution in [0.15, 0.2) is 194 Å². The summed E-state index contributed by atoms with van der Waals surface area (Å²) in [6, 6.07) is 69.7. The number of hydrogen-bond acceptors (Lipinski definition) is 3. The summed E-state index contributed by atoms with van der Waals surface area (Å²) >= 11 is 1.79. The van der Waals surface area contributed by atoms with Crippen LogP contribution < -0.4 is 4.90 Å². The molecular weight excluding hydrogens is 649 g/mol. The molecule has 0 atom stereocenters. The Bertz CT molecular complexity index is 2690. The van der Waals surface area contributed by atoms with Crippen LogP contribution in [0.2, 0.25) is 0 Å². The van der Waals surface area contributed by atoms with Gasteiger partial charge in [0.1, 0.15) is 5.01 Å². The third-order valence-electron chi connectivity index (χ3n) is 10.0. The molecule has 0 fully saturated rings. The molecule has 0 radical (unpaired) electrons. The van der Waals surface area contributed by atoms with Crippen molar-refractivity contribution in [2.24, 2.45) is 0 Å². The van der Waals surface area contributed by atoms with E-state index < -0.39 is 0 Å². The molecule has 8 aromatic carbocycles. The SMILES string of the molecule is c1ccc(-c2cccc(-c3ccc(N(c4cccc(-c5ccccc5)c4)c4ccc5c6c(cccc46)-c4sc(-c6ccccc6)nc4-5)cc3)c2)cc1. The Morgan fingerprint density at radius 1 is 0.385 bits per heavy atom. The number of rotatable bonds is 7. The molecule has 0 unspecified atom stereocenters. The highest BCUT2D eigenvalue weighted by Crippen LogP contribution is 2.54. The van der Waals surface area contributed by atoms with Gasteiger partial charge >= 0.3 is 0 Å². The zero-order valence-electron chi connectivity index (χ0n) is 28.3. The summed E-state index contributed by atoms with van der Waals surface area (Å²) < 4.78 is 0. The molecule has 0 aliphatic heterocycles. The van der Waals surface area contributed by atoms with Crippen molar-refractivity contribution in [3.63, 3.8) is 0 Å². The minimum atomic E-state index is 1.06. The summed E-state index contributed by atoms with van der Waals surface area (Å²) in [4.78, 5) is 8.86. The minimum absolute atomic E-state index is 1.06. The van der Waals surface area contributed by atoms with Crippen LogP contribution in [0.5, 0.6) is 0 Å². The Morgan fingerprint density at radius 2 is 0.942 bits per heavy atom. The first kappa shape index (κ1) is 30.3. The highest BCUT2D eigenvalue weighted by atomic mass is 32.1. The number of hydrogen-bond donors (Lipinski definition) is 0. The lowest BCUT2D eigenvalue weighted by molar-refractivity contribution is 1.30. The zero-order chi connectivity index (χ0) is 34.4. The van der Waals surface area contributed by atoms with E-state index in [0.29, 0.717) is 0 Å². The van der Waals surface area contributed by atoms with Gasteiger partial charge in [0.15, 0.2) is 0 Å². The Labute approximate surface area is 307 Å². The van der Waals surface area contributed by atoms with Gasteiger partial charge in [-0.3, -0.25) is 0 Å². The molecule has 1 heterocycles. The second-order valence-corrected chi connectivity index (χ2v) is 14.2. The number of benzene rings is 8. The fourth-order valence-electron chi connectivity index (χ4n) is 7.56. The summed E-state index contributed by atoms with van der Waals surface area (Å²) in [5.74, 6) is 0. The van der Waals surface area contributed by atoms with Crippen LogP contribution in [-0.4, -0.2) is 4.98 Å². The summed E-state index contributed by atoms with van der Waals surface area (Å²) in [6.07, 6.45) is 0. The van der Waals surface area contributed by atoms with Gasteiger partial charge in [-0.15, -0.1) is 11.3 Å². The van der Waals surface area contributed by atoms with Crippen molar-refractivity contribution in [2.75, 3.05) is 4.90 Å². The number of fused-ring (bicyclic) bond motifs is 3. The molecule has 1 aliphatic carbocycles. The maximum atomic E-state index is 5.21. The van der Waals surface area contributed by atoms with Gasteiger partial charge in [-0.25, -0.2) is 4.98 Å². The van der Waals surface area contributed by atoms with Crippen molar-refractivity contribution < 1.29 is 0 Å². The van der Waals surface area contributed by atoms with Crippen LogP contribution in [0.4, 0.5) is 17.1 Å². The lowest BCUT2D eigenvalue weighted by Gasteiger charge is -2.28. The first-order valence-corrected chi connectivity index (χ1v) is 18.4. The number of aromatic nitrogens is 1. The smallest absolute Gasteiger partial charge is 0.124 e. The number of thiazole rings is 1. The van der Waals surface area contributed by atoms with Crippen LogP contribution in [0.1, 0.15) is 0 Å². The van der Waals surface area contributed by atoms with Crippen LogP contribution in [0.25, 0.3) is 76.4 Å². The Morgan fingerprint density at radius 3 is 1.62 bits per heavy atom. The normalized spacial score (nSPS) is 11.5. The molecule has 0 saturated carbocycles. The molecule has 3 heteroatoms. The quantitative estimate of drug-likeness (QED) is 0.167. The molecule has 52 heavy (non-hydrogen) atoms. The standard InChI is InChI=1S/C49H32N2S/c1-4-13-33(14-5-1)37-19-10-20-38(31-37)35-25-27-40(28-26-35)51(41-22-11-21-39(32-41)34-15-6-2-7-16-34)45-30-29-43-46-42(45)23-12-24-44(46)48-47(43)50-49(52-48)36-17-8-3-9-18-36/h1-32H. The molecule has 0 bridgehead atoms. The van der Waals surface area contributed by atoms with Gasteiger partial charge in [0.25, 0.3) is 0 Å². The van der Waals surface area contributed by atoms with Crippen molar-refractivity contribution in [1.82, 2.24) is 4.98 Å². The van der Waals surface area contributed by atoms with Gasteiger partial charge in [-0.1, -0.05) is 158 Å². The molecule has 244 valence electrons. The molecule has 2 nitrogen and oxygen atoms in total. The molecule has 0 amide bonds. The largest absolute Gasteiger partial charge is 0.310 e. The molecule has 10 rings (SSSR count). The molecule has 0 saturated heterocycles. The van der Waals surface area contributed by atoms with E-state index in [1.807, 2.05) is 0 Å². The predicted octanol–water partition coefficient (Wildman–Crippen LogP) is 14.1. The van der Waals surface area contributed by atoms with Crippen molar-refractivity contribution in [3.05, 3.63) is 194 Å². The molecule has 9 aromatic rings. The van der Waals surface area contributed by atoms with E-state index in [0.717, 1.165) is 33.3 Å². The van der Waals surface area contributed by atoms with Crippen LogP contribution in [-0.2, 0) is 0 Å². The van der Waals surface area contributed by atoms with E-state index in [1.54, 1.807) is 11.3 Å². The van der Waals surface area contributed by atoms with E-state index in [1.165, 1.54) is 60.2 Å². The lowest BCUT2D eigenvalue weighted by atomic mass is 9.98. The highest BCUT2D eigenvalue weighted by molar-refractivity contribution is 7.19. The van der Waals surface area contributed by atoms with E-state index in [-0.39, 0.29) is 0 Å². The van der Waals surface area contributed by atoms with Crippen LogP contribution >= 0.6 is 11.3 Å². The summed E-state index contributed by atoms with van der Waals surface area (Å²) in [6.45, 7) is 0. The zero-order valence-corrected chi connectivity index (χ0v) is 29.1. The van der Waals surface area contributed by atoms with Crippen molar-refractivity contribution in [2.45, 2.75) is 0 Å². The Balaban J connectivity index is 1.10. The maximum Gasteiger partial charge on any atom is 0.124 e. The van der Waals surface area contributed by atoms with E-state index in [4.69, 9.17) is 4.98 Å². The first-order valence-electron chi connectivity index (χ1n) is 17.6. The fraction of sp³-hybridized carbons (Fsp3) is 0. The predicted molar refractivity (Wildman–Crippen MR) is 220 cm³/mol. The topological polar surface area (TPSA) is 16.1 Å². The molecular formula is C49H32N2S. The maximum absolute atomic E-state index is 5.21. The number of anilines is 3. The van der Waals surface area contributed by atoms with Gasteiger partial charge in [0, 0.05) is 38.8 Å². The minimum Gasteiger partial charge on any atom is -0.310 e. The average Bonchev–Trinajstić information content (AvgIpc) is 3.80. The first-order chi connectivity index (χ1) is 25.8. The van der Waals surface area contributed by atoms with Gasteiger partial charge in [-0.2, -0.15) is 0 Å². The van der Waals surface area contributed by atoms with E-state index in [2.05, 4.69) is 199 Å². The van der Waals surface area contributed by atoms with Gasteiger partial charge in [-0.05, 0) is 69.8 Å². The molecule has 1 aromatic heterocycles. The second kappa shape index (κ2) is 12.6.